The molecule has 1 aliphatic rings. The number of benzene rings is 1. The molecule has 0 saturated carbocycles. The second-order valence-corrected chi connectivity index (χ2v) is 4.93. The van der Waals surface area contributed by atoms with E-state index in [-0.39, 0.29) is 11.5 Å². The summed E-state index contributed by atoms with van der Waals surface area (Å²) in [4.78, 5) is 13.4. The fourth-order valence-corrected chi connectivity index (χ4v) is 2.08. The number of allylic oxidation sites excluding steroid dienone is 2. The number of hydrogen-bond donors (Lipinski definition) is 1. The van der Waals surface area contributed by atoms with Gasteiger partial charge in [-0.15, -0.1) is 0 Å². The minimum Gasteiger partial charge on any atom is -0.507 e. The second-order valence-electron chi connectivity index (χ2n) is 4.93. The van der Waals surface area contributed by atoms with Gasteiger partial charge in [0.1, 0.15) is 5.75 Å². The smallest absolute Gasteiger partial charge is 0.419 e. The summed E-state index contributed by atoms with van der Waals surface area (Å²) >= 11 is 0. The third kappa shape index (κ3) is 4.85. The Kier molecular flexibility index (Phi) is 5.44. The number of phenols is 1. The van der Waals surface area contributed by atoms with Crippen molar-refractivity contribution in [1.29, 1.82) is 0 Å². The van der Waals surface area contributed by atoms with E-state index in [1.54, 1.807) is 4.90 Å². The molecule has 7 heteroatoms. The van der Waals surface area contributed by atoms with Gasteiger partial charge in [-0.3, -0.25) is 4.79 Å². The number of carbonyl (C=O) groups is 1. The molecule has 4 nitrogen and oxygen atoms in total. The minimum absolute atomic E-state index is 0.167. The van der Waals surface area contributed by atoms with Crippen molar-refractivity contribution in [2.24, 2.45) is 0 Å². The Hall–Kier alpha value is -2.28. The van der Waals surface area contributed by atoms with Crippen molar-refractivity contribution in [3.8, 4) is 5.75 Å². The molecule has 124 valence electrons. The molecule has 1 fully saturated rings. The highest BCUT2D eigenvalue weighted by molar-refractivity contribution is 5.88. The van der Waals surface area contributed by atoms with E-state index in [0.29, 0.717) is 26.3 Å². The number of alkyl halides is 3. The number of rotatable bonds is 3. The number of morpholine rings is 1. The van der Waals surface area contributed by atoms with Crippen molar-refractivity contribution in [2.75, 3.05) is 26.3 Å². The highest BCUT2D eigenvalue weighted by Crippen LogP contribution is 2.36. The first kappa shape index (κ1) is 17.1. The van der Waals surface area contributed by atoms with E-state index in [4.69, 9.17) is 4.74 Å². The Balaban J connectivity index is 2.00. The zero-order valence-electron chi connectivity index (χ0n) is 12.2. The lowest BCUT2D eigenvalue weighted by Crippen LogP contribution is -2.39. The van der Waals surface area contributed by atoms with E-state index in [1.807, 2.05) is 0 Å². The molecule has 0 radical (unpaired) electrons. The van der Waals surface area contributed by atoms with Crippen LogP contribution >= 0.6 is 0 Å². The third-order valence-electron chi connectivity index (χ3n) is 3.29. The van der Waals surface area contributed by atoms with Gasteiger partial charge in [-0.25, -0.2) is 0 Å². The summed E-state index contributed by atoms with van der Waals surface area (Å²) in [6, 6.07) is 3.20. The van der Waals surface area contributed by atoms with Crippen LogP contribution < -0.4 is 0 Å². The molecule has 0 aromatic heterocycles. The predicted molar refractivity (Wildman–Crippen MR) is 78.7 cm³/mol. The summed E-state index contributed by atoms with van der Waals surface area (Å²) in [6.07, 6.45) is 1.11. The molecule has 23 heavy (non-hydrogen) atoms. The summed E-state index contributed by atoms with van der Waals surface area (Å²) in [5, 5.41) is 9.24. The largest absolute Gasteiger partial charge is 0.507 e. The van der Waals surface area contributed by atoms with Gasteiger partial charge in [0.05, 0.1) is 18.8 Å². The van der Waals surface area contributed by atoms with Crippen LogP contribution in [0.4, 0.5) is 13.2 Å². The highest BCUT2D eigenvalue weighted by Gasteiger charge is 2.33. The van der Waals surface area contributed by atoms with E-state index in [9.17, 15) is 23.1 Å². The standard InChI is InChI=1S/C16H16F3NO3/c17-16(18,19)13-11-12(5-6-14(13)21)3-1-2-4-15(22)20-7-9-23-10-8-20/h1-6,11,21H,7-10H2/b3-1+,4-2+. The van der Waals surface area contributed by atoms with Gasteiger partial charge in [-0.2, -0.15) is 13.2 Å². The van der Waals surface area contributed by atoms with Crippen LogP contribution in [-0.2, 0) is 15.7 Å². The van der Waals surface area contributed by atoms with Crippen molar-refractivity contribution >= 4 is 12.0 Å². The quantitative estimate of drug-likeness (QED) is 0.686. The molecule has 1 aromatic rings. The summed E-state index contributed by atoms with van der Waals surface area (Å²) in [5.41, 5.74) is -0.813. The number of halogens is 3. The van der Waals surface area contributed by atoms with Gasteiger partial charge in [-0.1, -0.05) is 24.3 Å². The van der Waals surface area contributed by atoms with Crippen molar-refractivity contribution in [3.05, 3.63) is 47.6 Å². The van der Waals surface area contributed by atoms with Crippen molar-refractivity contribution < 1.29 is 27.8 Å². The fraction of sp³-hybridized carbons (Fsp3) is 0.312. The Morgan fingerprint density at radius 3 is 2.57 bits per heavy atom. The number of carbonyl (C=O) groups excluding carboxylic acids is 1. The maximum absolute atomic E-state index is 12.7. The van der Waals surface area contributed by atoms with Crippen LogP contribution in [0, 0.1) is 0 Å². The number of aromatic hydroxyl groups is 1. The van der Waals surface area contributed by atoms with Crippen molar-refractivity contribution in [3.63, 3.8) is 0 Å². The highest BCUT2D eigenvalue weighted by atomic mass is 19.4. The SMILES string of the molecule is O=C(/C=C/C=C/c1ccc(O)c(C(F)(F)F)c1)N1CCOCC1. The van der Waals surface area contributed by atoms with E-state index in [1.165, 1.54) is 30.4 Å². The van der Waals surface area contributed by atoms with Gasteiger partial charge in [0, 0.05) is 19.2 Å². The molecule has 2 rings (SSSR count). The van der Waals surface area contributed by atoms with Crippen LogP contribution in [0.2, 0.25) is 0 Å². The van der Waals surface area contributed by atoms with Gasteiger partial charge in [0.15, 0.2) is 0 Å². The summed E-state index contributed by atoms with van der Waals surface area (Å²) in [7, 11) is 0. The van der Waals surface area contributed by atoms with Gasteiger partial charge < -0.3 is 14.7 Å². The Morgan fingerprint density at radius 1 is 1.22 bits per heavy atom. The molecule has 1 aromatic carbocycles. The zero-order valence-corrected chi connectivity index (χ0v) is 12.2. The number of amides is 1. The summed E-state index contributed by atoms with van der Waals surface area (Å²) in [6.45, 7) is 2.06. The molecular weight excluding hydrogens is 311 g/mol. The average Bonchev–Trinajstić information content (AvgIpc) is 2.52. The van der Waals surface area contributed by atoms with Crippen LogP contribution in [0.15, 0.2) is 36.4 Å². The Morgan fingerprint density at radius 2 is 1.91 bits per heavy atom. The molecular formula is C16H16F3NO3. The van der Waals surface area contributed by atoms with Crippen LogP contribution in [0.1, 0.15) is 11.1 Å². The fourth-order valence-electron chi connectivity index (χ4n) is 2.08. The van der Waals surface area contributed by atoms with Crippen LogP contribution in [0.3, 0.4) is 0 Å². The van der Waals surface area contributed by atoms with E-state index in [2.05, 4.69) is 0 Å². The normalized spacial score (nSPS) is 16.4. The molecule has 0 bridgehead atoms. The molecule has 1 aliphatic heterocycles. The molecule has 0 unspecified atom stereocenters. The van der Waals surface area contributed by atoms with Gasteiger partial charge >= 0.3 is 6.18 Å². The van der Waals surface area contributed by atoms with E-state index >= 15 is 0 Å². The van der Waals surface area contributed by atoms with Gasteiger partial charge in [0.2, 0.25) is 5.91 Å². The molecule has 1 heterocycles. The lowest BCUT2D eigenvalue weighted by molar-refractivity contribution is -0.138. The van der Waals surface area contributed by atoms with Gasteiger partial charge in [-0.05, 0) is 17.7 Å². The number of phenolic OH excluding ortho intramolecular Hbond substituents is 1. The monoisotopic (exact) mass is 327 g/mol. The first-order valence-electron chi connectivity index (χ1n) is 6.99. The van der Waals surface area contributed by atoms with Crippen LogP contribution in [-0.4, -0.2) is 42.2 Å². The maximum atomic E-state index is 12.7. The maximum Gasteiger partial charge on any atom is 0.419 e. The summed E-state index contributed by atoms with van der Waals surface area (Å²) < 4.78 is 43.1. The number of nitrogens with zero attached hydrogens (tertiary/aromatic N) is 1. The first-order valence-corrected chi connectivity index (χ1v) is 6.99. The average molecular weight is 327 g/mol. The van der Waals surface area contributed by atoms with E-state index < -0.39 is 17.5 Å². The van der Waals surface area contributed by atoms with Crippen molar-refractivity contribution in [1.82, 2.24) is 4.90 Å². The molecule has 1 amide bonds. The topological polar surface area (TPSA) is 49.8 Å². The third-order valence-corrected chi connectivity index (χ3v) is 3.29. The number of ether oxygens (including phenoxy) is 1. The Bertz CT molecular complexity index is 617. The molecule has 0 aliphatic carbocycles. The zero-order chi connectivity index (χ0) is 16.9. The Labute approximate surface area is 131 Å². The summed E-state index contributed by atoms with van der Waals surface area (Å²) in [5.74, 6) is -0.979. The predicted octanol–water partition coefficient (Wildman–Crippen LogP) is 2.84. The minimum atomic E-state index is -4.62. The van der Waals surface area contributed by atoms with Crippen LogP contribution in [0.5, 0.6) is 5.75 Å². The molecule has 1 saturated heterocycles. The lowest BCUT2D eigenvalue weighted by Gasteiger charge is -2.25. The second kappa shape index (κ2) is 7.32. The lowest BCUT2D eigenvalue weighted by atomic mass is 10.1. The molecule has 0 spiro atoms. The van der Waals surface area contributed by atoms with Crippen molar-refractivity contribution in [2.45, 2.75) is 6.18 Å². The van der Waals surface area contributed by atoms with Crippen LogP contribution in [0.25, 0.3) is 6.08 Å². The van der Waals surface area contributed by atoms with Gasteiger partial charge in [0.25, 0.3) is 0 Å². The molecule has 0 atom stereocenters. The number of hydrogen-bond acceptors (Lipinski definition) is 3. The molecule has 1 N–H and O–H groups in total. The first-order chi connectivity index (χ1) is 10.9. The van der Waals surface area contributed by atoms with E-state index in [0.717, 1.165) is 12.1 Å².